The van der Waals surface area contributed by atoms with Crippen molar-refractivity contribution in [1.82, 2.24) is 0 Å². The lowest BCUT2D eigenvalue weighted by Gasteiger charge is -2.30. The van der Waals surface area contributed by atoms with E-state index in [4.69, 9.17) is 10.5 Å². The van der Waals surface area contributed by atoms with Crippen molar-refractivity contribution in [1.29, 1.82) is 0 Å². The van der Waals surface area contributed by atoms with Crippen molar-refractivity contribution in [2.75, 3.05) is 13.7 Å². The van der Waals surface area contributed by atoms with Crippen LogP contribution < -0.4 is 10.5 Å². The molecule has 0 aliphatic rings. The number of aliphatic hydroxyl groups excluding tert-OH is 1. The third kappa shape index (κ3) is 2.75. The van der Waals surface area contributed by atoms with Crippen LogP contribution in [0.2, 0.25) is 0 Å². The molecule has 1 aromatic carbocycles. The van der Waals surface area contributed by atoms with E-state index in [1.807, 2.05) is 32.0 Å². The zero-order chi connectivity index (χ0) is 12.3. The highest BCUT2D eigenvalue weighted by atomic mass is 79.9. The van der Waals surface area contributed by atoms with E-state index >= 15 is 0 Å². The highest BCUT2D eigenvalue weighted by Gasteiger charge is 2.29. The largest absolute Gasteiger partial charge is 0.497 e. The molecule has 1 atom stereocenters. The van der Waals surface area contributed by atoms with E-state index in [1.54, 1.807) is 7.11 Å². The van der Waals surface area contributed by atoms with Gasteiger partial charge in [0, 0.05) is 16.4 Å². The van der Waals surface area contributed by atoms with E-state index < -0.39 is 6.10 Å². The summed E-state index contributed by atoms with van der Waals surface area (Å²) in [4.78, 5) is 0. The molecular weight excluding hydrogens is 270 g/mol. The number of nitrogens with two attached hydrogens (primary N) is 1. The average Bonchev–Trinajstić information content (AvgIpc) is 2.29. The van der Waals surface area contributed by atoms with Gasteiger partial charge in [0.25, 0.3) is 0 Å². The summed E-state index contributed by atoms with van der Waals surface area (Å²) in [5.41, 5.74) is 6.09. The number of methoxy groups -OCH3 is 1. The highest BCUT2D eigenvalue weighted by molar-refractivity contribution is 9.10. The van der Waals surface area contributed by atoms with Gasteiger partial charge in [0.2, 0.25) is 0 Å². The fraction of sp³-hybridized carbons (Fsp3) is 0.500. The second-order valence-electron chi connectivity index (χ2n) is 4.48. The van der Waals surface area contributed by atoms with E-state index in [2.05, 4.69) is 15.9 Å². The summed E-state index contributed by atoms with van der Waals surface area (Å²) in [7, 11) is 1.60. The monoisotopic (exact) mass is 287 g/mol. The molecule has 16 heavy (non-hydrogen) atoms. The van der Waals surface area contributed by atoms with Crippen LogP contribution in [-0.4, -0.2) is 18.8 Å². The van der Waals surface area contributed by atoms with Gasteiger partial charge in [0.1, 0.15) is 5.75 Å². The molecule has 1 rings (SSSR count). The van der Waals surface area contributed by atoms with Crippen molar-refractivity contribution in [2.24, 2.45) is 11.1 Å². The SMILES string of the molecule is COc1ccc(Br)c(C(O)C(C)(C)CN)c1. The Morgan fingerprint density at radius 3 is 2.62 bits per heavy atom. The van der Waals surface area contributed by atoms with Crippen molar-refractivity contribution in [3.8, 4) is 5.75 Å². The average molecular weight is 288 g/mol. The molecule has 4 heteroatoms. The minimum absolute atomic E-state index is 0.366. The first-order chi connectivity index (χ1) is 7.42. The van der Waals surface area contributed by atoms with Gasteiger partial charge >= 0.3 is 0 Å². The first-order valence-electron chi connectivity index (χ1n) is 5.14. The summed E-state index contributed by atoms with van der Waals surface area (Å²) in [5, 5.41) is 10.3. The summed E-state index contributed by atoms with van der Waals surface area (Å²) in [6.07, 6.45) is -0.623. The van der Waals surface area contributed by atoms with Crippen LogP contribution in [0.15, 0.2) is 22.7 Å². The Kier molecular flexibility index (Phi) is 4.35. The molecule has 1 unspecified atom stereocenters. The molecule has 90 valence electrons. The van der Waals surface area contributed by atoms with Crippen LogP contribution >= 0.6 is 15.9 Å². The van der Waals surface area contributed by atoms with Crippen LogP contribution in [0.4, 0.5) is 0 Å². The van der Waals surface area contributed by atoms with Gasteiger partial charge in [-0.3, -0.25) is 0 Å². The van der Waals surface area contributed by atoms with E-state index in [9.17, 15) is 5.11 Å². The minimum Gasteiger partial charge on any atom is -0.497 e. The van der Waals surface area contributed by atoms with Crippen molar-refractivity contribution in [3.63, 3.8) is 0 Å². The molecule has 0 fully saturated rings. The maximum Gasteiger partial charge on any atom is 0.119 e. The Labute approximate surface area is 105 Å². The number of hydrogen-bond donors (Lipinski definition) is 2. The number of aliphatic hydroxyl groups is 1. The second kappa shape index (κ2) is 5.17. The smallest absolute Gasteiger partial charge is 0.119 e. The molecule has 1 aromatic rings. The first-order valence-corrected chi connectivity index (χ1v) is 5.93. The number of hydrogen-bond acceptors (Lipinski definition) is 3. The normalized spacial score (nSPS) is 13.6. The topological polar surface area (TPSA) is 55.5 Å². The van der Waals surface area contributed by atoms with Crippen molar-refractivity contribution in [2.45, 2.75) is 20.0 Å². The minimum atomic E-state index is -0.623. The standard InChI is InChI=1S/C12H18BrNO2/c1-12(2,7-14)11(15)9-6-8(16-3)4-5-10(9)13/h4-6,11,15H,7,14H2,1-3H3. The molecule has 0 saturated carbocycles. The zero-order valence-electron chi connectivity index (χ0n) is 9.83. The fourth-order valence-corrected chi connectivity index (χ4v) is 1.85. The Bertz CT molecular complexity index is 366. The lowest BCUT2D eigenvalue weighted by molar-refractivity contribution is 0.0547. The van der Waals surface area contributed by atoms with Gasteiger partial charge in [0.15, 0.2) is 0 Å². The Hall–Kier alpha value is -0.580. The fourth-order valence-electron chi connectivity index (χ4n) is 1.39. The van der Waals surface area contributed by atoms with Crippen LogP contribution in [0.1, 0.15) is 25.5 Å². The number of benzene rings is 1. The van der Waals surface area contributed by atoms with Crippen LogP contribution in [0.25, 0.3) is 0 Å². The molecule has 0 spiro atoms. The molecule has 0 aromatic heterocycles. The van der Waals surface area contributed by atoms with Crippen molar-refractivity contribution < 1.29 is 9.84 Å². The maximum atomic E-state index is 10.3. The van der Waals surface area contributed by atoms with Gasteiger partial charge in [-0.05, 0) is 23.8 Å². The predicted molar refractivity (Wildman–Crippen MR) is 68.5 cm³/mol. The third-order valence-electron chi connectivity index (χ3n) is 2.76. The lowest BCUT2D eigenvalue weighted by atomic mass is 9.83. The van der Waals surface area contributed by atoms with Gasteiger partial charge in [-0.2, -0.15) is 0 Å². The molecule has 0 aliphatic carbocycles. The van der Waals surface area contributed by atoms with Crippen molar-refractivity contribution >= 4 is 15.9 Å². The van der Waals surface area contributed by atoms with Crippen LogP contribution in [-0.2, 0) is 0 Å². The summed E-state index contributed by atoms with van der Waals surface area (Å²) in [6.45, 7) is 4.28. The molecular formula is C12H18BrNO2. The number of ether oxygens (including phenoxy) is 1. The van der Waals surface area contributed by atoms with E-state index in [1.165, 1.54) is 0 Å². The molecule has 0 saturated heterocycles. The quantitative estimate of drug-likeness (QED) is 0.895. The summed E-state index contributed by atoms with van der Waals surface area (Å²) >= 11 is 3.43. The van der Waals surface area contributed by atoms with Gasteiger partial charge in [-0.1, -0.05) is 29.8 Å². The molecule has 0 aliphatic heterocycles. The summed E-state index contributed by atoms with van der Waals surface area (Å²) in [6, 6.07) is 5.53. The molecule has 0 radical (unpaired) electrons. The molecule has 0 heterocycles. The first kappa shape index (κ1) is 13.5. The number of rotatable bonds is 4. The van der Waals surface area contributed by atoms with Gasteiger partial charge in [-0.25, -0.2) is 0 Å². The summed E-state index contributed by atoms with van der Waals surface area (Å²) < 4.78 is 6.01. The van der Waals surface area contributed by atoms with Crippen LogP contribution in [0.3, 0.4) is 0 Å². The Balaban J connectivity index is 3.11. The van der Waals surface area contributed by atoms with Gasteiger partial charge in [-0.15, -0.1) is 0 Å². The van der Waals surface area contributed by atoms with E-state index in [0.717, 1.165) is 15.8 Å². The Morgan fingerprint density at radius 1 is 1.50 bits per heavy atom. The number of halogens is 1. The van der Waals surface area contributed by atoms with Gasteiger partial charge < -0.3 is 15.6 Å². The molecule has 3 nitrogen and oxygen atoms in total. The molecule has 0 amide bonds. The maximum absolute atomic E-state index is 10.3. The van der Waals surface area contributed by atoms with Gasteiger partial charge in [0.05, 0.1) is 13.2 Å². The highest BCUT2D eigenvalue weighted by Crippen LogP contribution is 2.37. The van der Waals surface area contributed by atoms with E-state index in [0.29, 0.717) is 6.54 Å². The van der Waals surface area contributed by atoms with E-state index in [-0.39, 0.29) is 5.41 Å². The zero-order valence-corrected chi connectivity index (χ0v) is 11.4. The lowest BCUT2D eigenvalue weighted by Crippen LogP contribution is -2.30. The Morgan fingerprint density at radius 2 is 2.12 bits per heavy atom. The summed E-state index contributed by atoms with van der Waals surface area (Å²) in [5.74, 6) is 0.727. The second-order valence-corrected chi connectivity index (χ2v) is 5.34. The van der Waals surface area contributed by atoms with Crippen LogP contribution in [0.5, 0.6) is 5.75 Å². The molecule has 3 N–H and O–H groups in total. The van der Waals surface area contributed by atoms with Crippen molar-refractivity contribution in [3.05, 3.63) is 28.2 Å². The third-order valence-corrected chi connectivity index (χ3v) is 3.49. The van der Waals surface area contributed by atoms with Crippen LogP contribution in [0, 0.1) is 5.41 Å². The predicted octanol–water partition coefficient (Wildman–Crippen LogP) is 2.48. The molecule has 0 bridgehead atoms.